The number of aliphatic hydroxyl groups excluding tert-OH is 5. The first kappa shape index (κ1) is 43.1. The SMILES string of the molecule is CC(=O)OC[C@@H]1O[C@@H](OC2CC[C@]3(C)C4C[C@H](O[C@@H]5O[C@@H](C)[C@H](O)[C@H](O)[C@H]5O)C5C([C@]6(C)CCC(C(C)(C)O)O6)CC[C@]5(C)C4C(C)CC3C2(C)C)[C@H](O)[C@H]1O. The quantitative estimate of drug-likeness (QED) is 0.155. The molecular formula is C43H72O13. The summed E-state index contributed by atoms with van der Waals surface area (Å²) in [4.78, 5) is 11.4. The fraction of sp³-hybridized carbons (Fsp3) is 0.977. The van der Waals surface area contributed by atoms with Gasteiger partial charge in [0.05, 0.1) is 35.6 Å². The molecule has 0 aromatic carbocycles. The molecule has 3 aliphatic heterocycles. The Bertz CT molecular complexity index is 1440. The van der Waals surface area contributed by atoms with Gasteiger partial charge in [0.2, 0.25) is 0 Å². The van der Waals surface area contributed by atoms with Crippen LogP contribution in [0, 0.1) is 51.8 Å². The van der Waals surface area contributed by atoms with Crippen molar-refractivity contribution in [1.29, 1.82) is 0 Å². The predicted molar refractivity (Wildman–Crippen MR) is 203 cm³/mol. The van der Waals surface area contributed by atoms with E-state index in [1.54, 1.807) is 6.92 Å². The lowest BCUT2D eigenvalue weighted by Gasteiger charge is -2.68. The molecule has 0 spiro atoms. The summed E-state index contributed by atoms with van der Waals surface area (Å²) in [6, 6.07) is 0. The number of esters is 1. The molecule has 7 rings (SSSR count). The molecule has 322 valence electrons. The van der Waals surface area contributed by atoms with Crippen LogP contribution in [0.2, 0.25) is 0 Å². The van der Waals surface area contributed by atoms with Gasteiger partial charge in [0, 0.05) is 6.92 Å². The second-order valence-electron chi connectivity index (χ2n) is 21.1. The molecule has 13 nitrogen and oxygen atoms in total. The highest BCUT2D eigenvalue weighted by atomic mass is 16.7. The largest absolute Gasteiger partial charge is 0.463 e. The van der Waals surface area contributed by atoms with Crippen molar-refractivity contribution >= 4 is 5.97 Å². The zero-order chi connectivity index (χ0) is 41.1. The van der Waals surface area contributed by atoms with E-state index < -0.39 is 72.5 Å². The molecule has 0 radical (unpaired) electrons. The number of carbonyl (C=O) groups is 1. The minimum absolute atomic E-state index is 0.0621. The third-order valence-corrected chi connectivity index (χ3v) is 16.9. The van der Waals surface area contributed by atoms with Gasteiger partial charge in [0.15, 0.2) is 12.6 Å². The third-order valence-electron chi connectivity index (χ3n) is 16.9. The fourth-order valence-electron chi connectivity index (χ4n) is 14.0. The van der Waals surface area contributed by atoms with E-state index in [4.69, 9.17) is 28.4 Å². The minimum Gasteiger partial charge on any atom is -0.463 e. The summed E-state index contributed by atoms with van der Waals surface area (Å²) in [7, 11) is 0. The Hall–Kier alpha value is -0.970. The number of hydrogen-bond donors (Lipinski definition) is 6. The number of carbonyl (C=O) groups excluding carboxylic acids is 1. The number of rotatable bonds is 8. The lowest BCUT2D eigenvalue weighted by molar-refractivity contribution is -0.327. The lowest BCUT2D eigenvalue weighted by atomic mass is 9.38. The van der Waals surface area contributed by atoms with Crippen LogP contribution in [-0.2, 0) is 33.2 Å². The Kier molecular flexibility index (Phi) is 11.5. The maximum absolute atomic E-state index is 11.4. The first-order valence-corrected chi connectivity index (χ1v) is 21.5. The van der Waals surface area contributed by atoms with E-state index in [0.717, 1.165) is 51.4 Å². The Morgan fingerprint density at radius 3 is 2.04 bits per heavy atom. The molecule has 4 saturated carbocycles. The standard InChI is InChI=1S/C43H72O13/c1-20-17-27-39(4,5)28(55-38-35(48)33(46)26(54-38)19-51-22(3)44)12-15-41(27,8)24-18-25(53-37-36(49)34(47)32(45)21(2)52-37)31-23(11-14-42(31,9)30(20)24)43(10)16-13-29(56-43)40(6,7)50/h20-21,23-38,45-50H,11-19H2,1-10H3/t20?,21-,23?,24?,25-,26-,27?,28?,29?,30?,31?,32-,33-,34-,35+,36+,37-,38-,41+,42+,43-/m0/s1. The first-order chi connectivity index (χ1) is 25.9. The van der Waals surface area contributed by atoms with Crippen molar-refractivity contribution in [3.05, 3.63) is 0 Å². The second kappa shape index (κ2) is 14.9. The molecule has 0 aromatic rings. The Labute approximate surface area is 333 Å². The van der Waals surface area contributed by atoms with Crippen molar-refractivity contribution in [2.24, 2.45) is 51.8 Å². The van der Waals surface area contributed by atoms with Gasteiger partial charge in [-0.1, -0.05) is 34.6 Å². The summed E-state index contributed by atoms with van der Waals surface area (Å²) in [6.45, 7) is 20.5. The number of ether oxygens (including phenoxy) is 6. The zero-order valence-corrected chi connectivity index (χ0v) is 35.3. The van der Waals surface area contributed by atoms with Gasteiger partial charge in [0.25, 0.3) is 0 Å². The summed E-state index contributed by atoms with van der Waals surface area (Å²) < 4.78 is 37.6. The van der Waals surface area contributed by atoms with Crippen molar-refractivity contribution in [3.63, 3.8) is 0 Å². The lowest BCUT2D eigenvalue weighted by Crippen LogP contribution is -2.66. The number of hydrogen-bond acceptors (Lipinski definition) is 13. The Morgan fingerprint density at radius 2 is 1.39 bits per heavy atom. The molecule has 7 fully saturated rings. The maximum Gasteiger partial charge on any atom is 0.302 e. The van der Waals surface area contributed by atoms with Crippen molar-refractivity contribution in [2.75, 3.05) is 6.61 Å². The molecule has 0 bridgehead atoms. The predicted octanol–water partition coefficient (Wildman–Crippen LogP) is 3.45. The highest BCUT2D eigenvalue weighted by molar-refractivity contribution is 5.65. The first-order valence-electron chi connectivity index (χ1n) is 21.5. The zero-order valence-electron chi connectivity index (χ0n) is 35.3. The van der Waals surface area contributed by atoms with Gasteiger partial charge >= 0.3 is 5.97 Å². The summed E-state index contributed by atoms with van der Waals surface area (Å²) in [5.41, 5.74) is -2.03. The average Bonchev–Trinajstić information content (AvgIpc) is 3.78. The van der Waals surface area contributed by atoms with Crippen LogP contribution >= 0.6 is 0 Å². The summed E-state index contributed by atoms with van der Waals surface area (Å²) in [6.07, 6.45) is -4.33. The van der Waals surface area contributed by atoms with E-state index in [2.05, 4.69) is 41.5 Å². The molecule has 0 aromatic heterocycles. The van der Waals surface area contributed by atoms with Crippen molar-refractivity contribution in [2.45, 2.75) is 205 Å². The van der Waals surface area contributed by atoms with E-state index >= 15 is 0 Å². The van der Waals surface area contributed by atoms with E-state index in [9.17, 15) is 35.4 Å². The normalized spacial score (nSPS) is 54.3. The molecule has 8 unspecified atom stereocenters. The minimum atomic E-state index is -1.41. The molecular weight excluding hydrogens is 724 g/mol. The topological polar surface area (TPSA) is 194 Å². The molecule has 0 amide bonds. The van der Waals surface area contributed by atoms with Gasteiger partial charge in [-0.25, -0.2) is 0 Å². The van der Waals surface area contributed by atoms with Gasteiger partial charge < -0.3 is 59.1 Å². The fourth-order valence-corrected chi connectivity index (χ4v) is 14.0. The van der Waals surface area contributed by atoms with Gasteiger partial charge in [-0.2, -0.15) is 0 Å². The second-order valence-corrected chi connectivity index (χ2v) is 21.1. The van der Waals surface area contributed by atoms with Crippen LogP contribution in [0.3, 0.4) is 0 Å². The molecule has 3 heterocycles. The highest BCUT2D eigenvalue weighted by Crippen LogP contribution is 2.73. The monoisotopic (exact) mass is 796 g/mol. The summed E-state index contributed by atoms with van der Waals surface area (Å²) in [5, 5.41) is 65.3. The molecule has 4 aliphatic carbocycles. The van der Waals surface area contributed by atoms with Crippen molar-refractivity contribution < 1.29 is 63.9 Å². The van der Waals surface area contributed by atoms with Gasteiger partial charge in [0.1, 0.15) is 43.2 Å². The third kappa shape index (κ3) is 7.02. The van der Waals surface area contributed by atoms with Crippen molar-refractivity contribution in [3.8, 4) is 0 Å². The summed E-state index contributed by atoms with van der Waals surface area (Å²) >= 11 is 0. The van der Waals surface area contributed by atoms with Crippen LogP contribution in [-0.4, -0.2) is 128 Å². The van der Waals surface area contributed by atoms with E-state index in [-0.39, 0.29) is 64.8 Å². The van der Waals surface area contributed by atoms with E-state index in [1.165, 1.54) is 6.92 Å². The van der Waals surface area contributed by atoms with Crippen molar-refractivity contribution in [1.82, 2.24) is 0 Å². The summed E-state index contributed by atoms with van der Waals surface area (Å²) in [5.74, 6) is 0.932. The Morgan fingerprint density at radius 1 is 0.750 bits per heavy atom. The molecule has 56 heavy (non-hydrogen) atoms. The highest BCUT2D eigenvalue weighted by Gasteiger charge is 2.70. The number of fused-ring (bicyclic) bond motifs is 5. The van der Waals surface area contributed by atoms with Crippen LogP contribution in [0.25, 0.3) is 0 Å². The Balaban J connectivity index is 1.19. The molecule has 21 atom stereocenters. The number of aliphatic hydroxyl groups is 6. The molecule has 6 N–H and O–H groups in total. The molecule has 7 aliphatic rings. The van der Waals surface area contributed by atoms with Gasteiger partial charge in [-0.05, 0) is 131 Å². The maximum atomic E-state index is 11.4. The van der Waals surface area contributed by atoms with Crippen LogP contribution in [0.5, 0.6) is 0 Å². The van der Waals surface area contributed by atoms with Crippen LogP contribution in [0.4, 0.5) is 0 Å². The van der Waals surface area contributed by atoms with Gasteiger partial charge in [-0.3, -0.25) is 4.79 Å². The van der Waals surface area contributed by atoms with Crippen LogP contribution in [0.1, 0.15) is 121 Å². The molecule has 3 saturated heterocycles. The van der Waals surface area contributed by atoms with Crippen LogP contribution in [0.15, 0.2) is 0 Å². The van der Waals surface area contributed by atoms with Crippen LogP contribution < -0.4 is 0 Å². The van der Waals surface area contributed by atoms with E-state index in [0.29, 0.717) is 11.8 Å². The smallest absolute Gasteiger partial charge is 0.302 e. The molecule has 13 heteroatoms. The van der Waals surface area contributed by atoms with Gasteiger partial charge in [-0.15, -0.1) is 0 Å². The average molecular weight is 797 g/mol. The van der Waals surface area contributed by atoms with E-state index in [1.807, 2.05) is 13.8 Å².